The first-order valence-electron chi connectivity index (χ1n) is 8.60. The molecule has 1 aromatic heterocycles. The molecule has 2 aromatic rings. The van der Waals surface area contributed by atoms with Crippen LogP contribution in [-0.2, 0) is 4.79 Å². The lowest BCUT2D eigenvalue weighted by Gasteiger charge is -2.37. The van der Waals surface area contributed by atoms with Crippen LogP contribution in [0.4, 0.5) is 5.69 Å². The summed E-state index contributed by atoms with van der Waals surface area (Å²) < 4.78 is 5.18. The van der Waals surface area contributed by atoms with Crippen LogP contribution in [0.15, 0.2) is 41.8 Å². The number of hydrogen-bond acceptors (Lipinski definition) is 5. The number of amides is 2. The number of rotatable bonds is 5. The first kappa shape index (κ1) is 18.3. The zero-order valence-electron chi connectivity index (χ0n) is 15.0. The number of anilines is 1. The molecule has 26 heavy (non-hydrogen) atoms. The second-order valence-electron chi connectivity index (χ2n) is 6.18. The first-order valence-corrected chi connectivity index (χ1v) is 9.48. The summed E-state index contributed by atoms with van der Waals surface area (Å²) in [5.41, 5.74) is 1.12. The number of benzene rings is 1. The van der Waals surface area contributed by atoms with Gasteiger partial charge in [0.1, 0.15) is 11.8 Å². The summed E-state index contributed by atoms with van der Waals surface area (Å²) in [6.07, 6.45) is 0. The number of piperazine rings is 1. The van der Waals surface area contributed by atoms with E-state index in [-0.39, 0.29) is 11.8 Å². The Morgan fingerprint density at radius 1 is 1.12 bits per heavy atom. The molecule has 0 spiro atoms. The standard InChI is InChI=1S/C19H23N3O3S/c1-14(20-18(23)17-4-3-13-26-17)19(24)22-11-9-21(10-12-22)15-5-7-16(25-2)8-6-15/h3-8,13-14H,9-12H2,1-2H3,(H,20,23). The van der Waals surface area contributed by atoms with Crippen molar-refractivity contribution in [3.05, 3.63) is 46.7 Å². The largest absolute Gasteiger partial charge is 0.497 e. The fraction of sp³-hybridized carbons (Fsp3) is 0.368. The van der Waals surface area contributed by atoms with E-state index in [0.717, 1.165) is 24.5 Å². The molecule has 2 amide bonds. The summed E-state index contributed by atoms with van der Waals surface area (Å²) in [6.45, 7) is 4.56. The van der Waals surface area contributed by atoms with Gasteiger partial charge in [-0.1, -0.05) is 6.07 Å². The lowest BCUT2D eigenvalue weighted by Crippen LogP contribution is -2.54. The number of thiophene rings is 1. The lowest BCUT2D eigenvalue weighted by molar-refractivity contribution is -0.133. The summed E-state index contributed by atoms with van der Waals surface area (Å²) in [5, 5.41) is 4.63. The number of nitrogens with zero attached hydrogens (tertiary/aromatic N) is 2. The van der Waals surface area contributed by atoms with Crippen LogP contribution in [-0.4, -0.2) is 56.0 Å². The van der Waals surface area contributed by atoms with Gasteiger partial charge in [0, 0.05) is 31.9 Å². The van der Waals surface area contributed by atoms with Crippen LogP contribution in [0.1, 0.15) is 16.6 Å². The maximum Gasteiger partial charge on any atom is 0.261 e. The Hall–Kier alpha value is -2.54. The molecule has 1 aromatic carbocycles. The molecule has 138 valence electrons. The van der Waals surface area contributed by atoms with E-state index >= 15 is 0 Å². The van der Waals surface area contributed by atoms with Gasteiger partial charge in [-0.15, -0.1) is 11.3 Å². The number of methoxy groups -OCH3 is 1. The third-order valence-corrected chi connectivity index (χ3v) is 5.36. The van der Waals surface area contributed by atoms with Crippen molar-refractivity contribution in [1.82, 2.24) is 10.2 Å². The Kier molecular flexibility index (Phi) is 5.78. The van der Waals surface area contributed by atoms with Crippen LogP contribution >= 0.6 is 11.3 Å². The molecule has 1 saturated heterocycles. The van der Waals surface area contributed by atoms with E-state index in [0.29, 0.717) is 18.0 Å². The number of carbonyl (C=O) groups excluding carboxylic acids is 2. The predicted molar refractivity (Wildman–Crippen MR) is 103 cm³/mol. The van der Waals surface area contributed by atoms with E-state index in [1.54, 1.807) is 20.1 Å². The van der Waals surface area contributed by atoms with Crippen LogP contribution in [0, 0.1) is 0 Å². The predicted octanol–water partition coefficient (Wildman–Crippen LogP) is 2.22. The molecule has 1 aliphatic heterocycles. The second kappa shape index (κ2) is 8.23. The van der Waals surface area contributed by atoms with Crippen LogP contribution < -0.4 is 15.0 Å². The Bertz CT molecular complexity index is 738. The van der Waals surface area contributed by atoms with Crippen LogP contribution in [0.2, 0.25) is 0 Å². The summed E-state index contributed by atoms with van der Waals surface area (Å²) >= 11 is 1.37. The normalized spacial score (nSPS) is 15.5. The molecule has 1 aliphatic rings. The van der Waals surface area contributed by atoms with Gasteiger partial charge in [-0.3, -0.25) is 9.59 Å². The smallest absolute Gasteiger partial charge is 0.261 e. The molecule has 1 unspecified atom stereocenters. The Labute approximate surface area is 157 Å². The van der Waals surface area contributed by atoms with Crippen molar-refractivity contribution in [1.29, 1.82) is 0 Å². The monoisotopic (exact) mass is 373 g/mol. The number of carbonyl (C=O) groups is 2. The molecule has 2 heterocycles. The second-order valence-corrected chi connectivity index (χ2v) is 7.13. The number of ether oxygens (including phenoxy) is 1. The van der Waals surface area contributed by atoms with Crippen LogP contribution in [0.3, 0.4) is 0 Å². The highest BCUT2D eigenvalue weighted by Crippen LogP contribution is 2.20. The average Bonchev–Trinajstić information content (AvgIpc) is 3.22. The van der Waals surface area contributed by atoms with Crippen molar-refractivity contribution in [3.8, 4) is 5.75 Å². The van der Waals surface area contributed by atoms with Crippen molar-refractivity contribution in [2.75, 3.05) is 38.2 Å². The fourth-order valence-electron chi connectivity index (χ4n) is 2.99. The molecule has 0 bridgehead atoms. The maximum absolute atomic E-state index is 12.6. The van der Waals surface area contributed by atoms with Gasteiger partial charge < -0.3 is 19.9 Å². The topological polar surface area (TPSA) is 61.9 Å². The Morgan fingerprint density at radius 2 is 1.81 bits per heavy atom. The van der Waals surface area contributed by atoms with E-state index in [9.17, 15) is 9.59 Å². The summed E-state index contributed by atoms with van der Waals surface area (Å²) in [7, 11) is 1.65. The Balaban J connectivity index is 1.51. The van der Waals surface area contributed by atoms with Crippen molar-refractivity contribution in [2.45, 2.75) is 13.0 Å². The number of nitrogens with one attached hydrogen (secondary N) is 1. The molecule has 1 N–H and O–H groups in total. The van der Waals surface area contributed by atoms with Crippen molar-refractivity contribution in [2.24, 2.45) is 0 Å². The minimum absolute atomic E-state index is 0.0377. The highest BCUT2D eigenvalue weighted by atomic mass is 32.1. The molecule has 0 radical (unpaired) electrons. The van der Waals surface area contributed by atoms with Crippen molar-refractivity contribution >= 4 is 28.8 Å². The van der Waals surface area contributed by atoms with Gasteiger partial charge >= 0.3 is 0 Å². The van der Waals surface area contributed by atoms with E-state index in [4.69, 9.17) is 4.74 Å². The van der Waals surface area contributed by atoms with E-state index in [1.807, 2.05) is 40.6 Å². The SMILES string of the molecule is COc1ccc(N2CCN(C(=O)C(C)NC(=O)c3cccs3)CC2)cc1. The van der Waals surface area contributed by atoms with Gasteiger partial charge in [-0.25, -0.2) is 0 Å². The third kappa shape index (κ3) is 4.16. The molecule has 3 rings (SSSR count). The van der Waals surface area contributed by atoms with Crippen molar-refractivity contribution in [3.63, 3.8) is 0 Å². The van der Waals surface area contributed by atoms with Gasteiger partial charge in [0.2, 0.25) is 5.91 Å². The van der Waals surface area contributed by atoms with Crippen LogP contribution in [0.5, 0.6) is 5.75 Å². The zero-order valence-corrected chi connectivity index (χ0v) is 15.8. The molecule has 7 heteroatoms. The summed E-state index contributed by atoms with van der Waals surface area (Å²) in [6, 6.07) is 11.0. The zero-order chi connectivity index (χ0) is 18.5. The molecule has 6 nitrogen and oxygen atoms in total. The van der Waals surface area contributed by atoms with E-state index in [2.05, 4.69) is 10.2 Å². The maximum atomic E-state index is 12.6. The quantitative estimate of drug-likeness (QED) is 0.873. The Morgan fingerprint density at radius 3 is 2.38 bits per heavy atom. The third-order valence-electron chi connectivity index (χ3n) is 4.49. The molecule has 0 saturated carbocycles. The van der Waals surface area contributed by atoms with E-state index < -0.39 is 6.04 Å². The highest BCUT2D eigenvalue weighted by molar-refractivity contribution is 7.12. The molecule has 1 fully saturated rings. The lowest BCUT2D eigenvalue weighted by atomic mass is 10.2. The molecular formula is C19H23N3O3S. The minimum Gasteiger partial charge on any atom is -0.497 e. The van der Waals surface area contributed by atoms with Gasteiger partial charge in [0.05, 0.1) is 12.0 Å². The molecular weight excluding hydrogens is 350 g/mol. The summed E-state index contributed by atoms with van der Waals surface area (Å²) in [5.74, 6) is 0.597. The average molecular weight is 373 g/mol. The fourth-order valence-corrected chi connectivity index (χ4v) is 3.62. The van der Waals surface area contributed by atoms with Gasteiger partial charge in [-0.2, -0.15) is 0 Å². The van der Waals surface area contributed by atoms with Crippen molar-refractivity contribution < 1.29 is 14.3 Å². The van der Waals surface area contributed by atoms with Crippen LogP contribution in [0.25, 0.3) is 0 Å². The number of hydrogen-bond donors (Lipinski definition) is 1. The minimum atomic E-state index is -0.530. The van der Waals surface area contributed by atoms with Gasteiger partial charge in [0.15, 0.2) is 0 Å². The van der Waals surface area contributed by atoms with Gasteiger partial charge in [-0.05, 0) is 42.6 Å². The van der Waals surface area contributed by atoms with Gasteiger partial charge in [0.25, 0.3) is 5.91 Å². The highest BCUT2D eigenvalue weighted by Gasteiger charge is 2.26. The molecule has 1 atom stereocenters. The molecule has 0 aliphatic carbocycles. The summed E-state index contributed by atoms with van der Waals surface area (Å²) in [4.78, 5) is 29.4. The first-order chi connectivity index (χ1) is 12.6. The van der Waals surface area contributed by atoms with E-state index in [1.165, 1.54) is 11.3 Å².